The summed E-state index contributed by atoms with van der Waals surface area (Å²) in [6.45, 7) is 0.416. The van der Waals surface area contributed by atoms with E-state index in [0.29, 0.717) is 40.6 Å². The smallest absolute Gasteiger partial charge is 0.251 e. The summed E-state index contributed by atoms with van der Waals surface area (Å²) < 4.78 is 23.9. The fourth-order valence-electron chi connectivity index (χ4n) is 2.21. The molecule has 0 saturated carbocycles. The predicted molar refractivity (Wildman–Crippen MR) is 80.0 cm³/mol. The van der Waals surface area contributed by atoms with Crippen LogP contribution in [0.1, 0.15) is 15.9 Å². The van der Waals surface area contributed by atoms with Crippen molar-refractivity contribution in [2.24, 2.45) is 0 Å². The fourth-order valence-corrected chi connectivity index (χ4v) is 2.48. The number of fused-ring (bicyclic) bond motifs is 1. The first kappa shape index (κ1) is 14.7. The molecule has 0 bridgehead atoms. The summed E-state index contributed by atoms with van der Waals surface area (Å²) in [4.78, 5) is 12.1. The van der Waals surface area contributed by atoms with Gasteiger partial charge in [0.25, 0.3) is 5.91 Å². The molecule has 0 saturated heterocycles. The van der Waals surface area contributed by atoms with Crippen molar-refractivity contribution in [3.8, 4) is 11.5 Å². The SMILES string of the molecule is O=C(NCCc1ccccc1F)c1cc(Cl)c2c(c1)OCO2. The molecule has 1 heterocycles. The van der Waals surface area contributed by atoms with Crippen molar-refractivity contribution in [3.63, 3.8) is 0 Å². The van der Waals surface area contributed by atoms with Gasteiger partial charge in [0.15, 0.2) is 11.5 Å². The van der Waals surface area contributed by atoms with Gasteiger partial charge < -0.3 is 14.8 Å². The lowest BCUT2D eigenvalue weighted by atomic mass is 10.1. The van der Waals surface area contributed by atoms with Crippen LogP contribution in [-0.2, 0) is 6.42 Å². The third-order valence-electron chi connectivity index (χ3n) is 3.33. The molecule has 22 heavy (non-hydrogen) atoms. The van der Waals surface area contributed by atoms with Gasteiger partial charge in [-0.1, -0.05) is 29.8 Å². The average Bonchev–Trinajstić information content (AvgIpc) is 2.98. The minimum atomic E-state index is -0.295. The molecule has 0 aliphatic carbocycles. The summed E-state index contributed by atoms with van der Waals surface area (Å²) >= 11 is 6.03. The van der Waals surface area contributed by atoms with Gasteiger partial charge in [-0.25, -0.2) is 4.39 Å². The second-order valence-corrected chi connectivity index (χ2v) is 5.20. The van der Waals surface area contributed by atoms with Crippen LogP contribution in [0.5, 0.6) is 11.5 Å². The van der Waals surface area contributed by atoms with Crippen LogP contribution in [0.2, 0.25) is 5.02 Å². The zero-order valence-corrected chi connectivity index (χ0v) is 12.3. The molecule has 1 amide bonds. The molecule has 0 unspecified atom stereocenters. The molecule has 0 aromatic heterocycles. The van der Waals surface area contributed by atoms with Crippen molar-refractivity contribution < 1.29 is 18.7 Å². The van der Waals surface area contributed by atoms with E-state index in [2.05, 4.69) is 5.32 Å². The fraction of sp³-hybridized carbons (Fsp3) is 0.188. The first-order chi connectivity index (χ1) is 10.6. The van der Waals surface area contributed by atoms with E-state index in [0.717, 1.165) is 0 Å². The van der Waals surface area contributed by atoms with Crippen LogP contribution in [-0.4, -0.2) is 19.2 Å². The predicted octanol–water partition coefficient (Wildman–Crippen LogP) is 3.18. The van der Waals surface area contributed by atoms with Gasteiger partial charge in [-0.15, -0.1) is 0 Å². The highest BCUT2D eigenvalue weighted by molar-refractivity contribution is 6.32. The number of rotatable bonds is 4. The molecule has 0 fully saturated rings. The van der Waals surface area contributed by atoms with Crippen LogP contribution in [0.25, 0.3) is 0 Å². The molecule has 2 aromatic carbocycles. The average molecular weight is 322 g/mol. The Morgan fingerprint density at radius 2 is 2.09 bits per heavy atom. The normalized spacial score (nSPS) is 12.3. The number of amides is 1. The largest absolute Gasteiger partial charge is 0.454 e. The van der Waals surface area contributed by atoms with Crippen molar-refractivity contribution in [2.45, 2.75) is 6.42 Å². The molecule has 1 aliphatic heterocycles. The molecule has 0 spiro atoms. The van der Waals surface area contributed by atoms with E-state index >= 15 is 0 Å². The van der Waals surface area contributed by atoms with Crippen molar-refractivity contribution in [3.05, 3.63) is 58.4 Å². The van der Waals surface area contributed by atoms with E-state index in [1.165, 1.54) is 12.1 Å². The number of carbonyl (C=O) groups excluding carboxylic acids is 1. The molecule has 0 radical (unpaired) electrons. The summed E-state index contributed by atoms with van der Waals surface area (Å²) in [7, 11) is 0. The number of halogens is 2. The molecule has 2 aromatic rings. The van der Waals surface area contributed by atoms with Gasteiger partial charge in [-0.05, 0) is 30.2 Å². The topological polar surface area (TPSA) is 47.6 Å². The standard InChI is InChI=1S/C16H13ClFNO3/c17-12-7-11(8-14-15(12)22-9-21-14)16(20)19-6-5-10-3-1-2-4-13(10)18/h1-4,7-8H,5-6,9H2,(H,19,20). The number of hydrogen-bond donors (Lipinski definition) is 1. The molecule has 3 rings (SSSR count). The Kier molecular flexibility index (Phi) is 4.15. The Hall–Kier alpha value is -2.27. The van der Waals surface area contributed by atoms with Gasteiger partial charge in [0.05, 0.1) is 5.02 Å². The van der Waals surface area contributed by atoms with Gasteiger partial charge in [0.2, 0.25) is 6.79 Å². The van der Waals surface area contributed by atoms with E-state index in [1.54, 1.807) is 24.3 Å². The van der Waals surface area contributed by atoms with Crippen LogP contribution < -0.4 is 14.8 Å². The van der Waals surface area contributed by atoms with Crippen molar-refractivity contribution in [1.82, 2.24) is 5.32 Å². The molecular formula is C16H13ClFNO3. The lowest BCUT2D eigenvalue weighted by Crippen LogP contribution is -2.25. The zero-order valence-electron chi connectivity index (χ0n) is 11.6. The highest BCUT2D eigenvalue weighted by Crippen LogP contribution is 2.39. The summed E-state index contributed by atoms with van der Waals surface area (Å²) in [5.41, 5.74) is 0.939. The molecule has 4 nitrogen and oxygen atoms in total. The maximum Gasteiger partial charge on any atom is 0.251 e. The lowest BCUT2D eigenvalue weighted by Gasteiger charge is -2.07. The minimum Gasteiger partial charge on any atom is -0.454 e. The maximum atomic E-state index is 13.5. The molecule has 0 atom stereocenters. The van der Waals surface area contributed by atoms with Crippen LogP contribution in [0.3, 0.4) is 0 Å². The van der Waals surface area contributed by atoms with E-state index in [1.807, 2.05) is 0 Å². The number of benzene rings is 2. The van der Waals surface area contributed by atoms with Gasteiger partial charge in [-0.3, -0.25) is 4.79 Å². The van der Waals surface area contributed by atoms with E-state index < -0.39 is 0 Å². The summed E-state index contributed by atoms with van der Waals surface area (Å²) in [5, 5.41) is 3.06. The summed E-state index contributed by atoms with van der Waals surface area (Å²) in [6.07, 6.45) is 0.413. The maximum absolute atomic E-state index is 13.5. The monoisotopic (exact) mass is 321 g/mol. The molecule has 1 aliphatic rings. The van der Waals surface area contributed by atoms with Crippen molar-refractivity contribution in [2.75, 3.05) is 13.3 Å². The second kappa shape index (κ2) is 6.23. The number of nitrogens with one attached hydrogen (secondary N) is 1. The van der Waals surface area contributed by atoms with E-state index in [4.69, 9.17) is 21.1 Å². The van der Waals surface area contributed by atoms with E-state index in [-0.39, 0.29) is 18.5 Å². The van der Waals surface area contributed by atoms with Crippen molar-refractivity contribution in [1.29, 1.82) is 0 Å². The van der Waals surface area contributed by atoms with E-state index in [9.17, 15) is 9.18 Å². The number of carbonyl (C=O) groups is 1. The second-order valence-electron chi connectivity index (χ2n) is 4.79. The number of ether oxygens (including phenoxy) is 2. The van der Waals surface area contributed by atoms with Crippen LogP contribution in [0.4, 0.5) is 4.39 Å². The minimum absolute atomic E-state index is 0.0907. The number of hydrogen-bond acceptors (Lipinski definition) is 3. The first-order valence-electron chi connectivity index (χ1n) is 6.76. The Labute approximate surface area is 131 Å². The molecule has 114 valence electrons. The third-order valence-corrected chi connectivity index (χ3v) is 3.61. The van der Waals surface area contributed by atoms with Gasteiger partial charge in [0, 0.05) is 12.1 Å². The van der Waals surface area contributed by atoms with Crippen molar-refractivity contribution >= 4 is 17.5 Å². The quantitative estimate of drug-likeness (QED) is 0.941. The first-order valence-corrected chi connectivity index (χ1v) is 7.13. The van der Waals surface area contributed by atoms with Gasteiger partial charge in [0.1, 0.15) is 5.82 Å². The molecular weight excluding hydrogens is 309 g/mol. The van der Waals surface area contributed by atoms with Crippen LogP contribution in [0.15, 0.2) is 36.4 Å². The van der Waals surface area contributed by atoms with Crippen LogP contribution in [0, 0.1) is 5.82 Å². The van der Waals surface area contributed by atoms with Gasteiger partial charge >= 0.3 is 0 Å². The highest BCUT2D eigenvalue weighted by Gasteiger charge is 2.20. The van der Waals surface area contributed by atoms with Gasteiger partial charge in [-0.2, -0.15) is 0 Å². The zero-order chi connectivity index (χ0) is 15.5. The Bertz CT molecular complexity index is 721. The lowest BCUT2D eigenvalue weighted by molar-refractivity contribution is 0.0953. The van der Waals surface area contributed by atoms with Crippen LogP contribution >= 0.6 is 11.6 Å². The molecule has 1 N–H and O–H groups in total. The third kappa shape index (κ3) is 2.99. The summed E-state index contributed by atoms with van der Waals surface area (Å²) in [6, 6.07) is 9.58. The Morgan fingerprint density at radius 1 is 1.27 bits per heavy atom. The summed E-state index contributed by atoms with van der Waals surface area (Å²) in [5.74, 6) is 0.329. The molecule has 6 heteroatoms. The Balaban J connectivity index is 1.63. The Morgan fingerprint density at radius 3 is 2.91 bits per heavy atom. The highest BCUT2D eigenvalue weighted by atomic mass is 35.5.